The van der Waals surface area contributed by atoms with Crippen molar-refractivity contribution in [1.29, 1.82) is 0 Å². The van der Waals surface area contributed by atoms with E-state index >= 15 is 0 Å². The largest absolute Gasteiger partial charge is 0.493 e. The molecule has 6 nitrogen and oxygen atoms in total. The Labute approximate surface area is 167 Å². The number of fused-ring (bicyclic) bond motifs is 2. The van der Waals surface area contributed by atoms with Crippen LogP contribution in [0.15, 0.2) is 65.2 Å². The van der Waals surface area contributed by atoms with Gasteiger partial charge in [-0.05, 0) is 53.4 Å². The Bertz CT molecular complexity index is 938. The summed E-state index contributed by atoms with van der Waals surface area (Å²) in [6, 6.07) is 14.2. The molecule has 0 saturated carbocycles. The molecule has 0 amide bonds. The molecular formula is C21H22N2O4S. The molecule has 0 aromatic heterocycles. The lowest BCUT2D eigenvalue weighted by molar-refractivity contribution is 0.355. The lowest BCUT2D eigenvalue weighted by Crippen LogP contribution is -2.32. The van der Waals surface area contributed by atoms with Crippen LogP contribution in [-0.4, -0.2) is 40.6 Å². The van der Waals surface area contributed by atoms with Crippen LogP contribution in [-0.2, 0) is 6.42 Å². The maximum Gasteiger partial charge on any atom is 0.148 e. The van der Waals surface area contributed by atoms with Crippen LogP contribution >= 0.6 is 11.9 Å². The molecule has 0 fully saturated rings. The second-order valence-electron chi connectivity index (χ2n) is 6.36. The first-order chi connectivity index (χ1) is 12.9. The summed E-state index contributed by atoms with van der Waals surface area (Å²) in [5, 5.41) is 0. The van der Waals surface area contributed by atoms with Crippen LogP contribution in [0, 0.1) is 0 Å². The molecule has 2 aromatic carbocycles. The zero-order valence-corrected chi connectivity index (χ0v) is 16.0. The molecule has 2 aromatic rings. The number of rotatable bonds is 3. The van der Waals surface area contributed by atoms with Gasteiger partial charge in [0.15, 0.2) is 0 Å². The van der Waals surface area contributed by atoms with Crippen molar-refractivity contribution in [3.63, 3.8) is 0 Å². The van der Waals surface area contributed by atoms with Crippen molar-refractivity contribution in [2.75, 3.05) is 18.9 Å². The Morgan fingerprint density at radius 1 is 1.04 bits per heavy atom. The van der Waals surface area contributed by atoms with E-state index in [1.807, 2.05) is 24.3 Å². The van der Waals surface area contributed by atoms with Gasteiger partial charge in [-0.2, -0.15) is 4.40 Å². The van der Waals surface area contributed by atoms with Crippen LogP contribution in [0.1, 0.15) is 11.1 Å². The SMILES string of the molecule is C1=CN2CCSN=C2C(c2ccc(Oc3ccc4c(c3)OCC4)cc2)=C1.O.O. The number of amidine groups is 1. The third-order valence-corrected chi connectivity index (χ3v) is 5.35. The standard InChI is InChI=1S/C21H18N2O2S.2H2O/c1-2-19(21-22-26-13-11-23(21)10-1)15-3-6-17(7-4-15)25-18-8-5-16-9-12-24-20(16)14-18;;/h1-8,10,14H,9,11-13H2;2*1H2. The van der Waals surface area contributed by atoms with Crippen molar-refractivity contribution >= 4 is 23.4 Å². The number of benzene rings is 2. The van der Waals surface area contributed by atoms with Gasteiger partial charge in [0.05, 0.1) is 6.61 Å². The van der Waals surface area contributed by atoms with Gasteiger partial charge in [-0.25, -0.2) is 0 Å². The predicted molar refractivity (Wildman–Crippen MR) is 113 cm³/mol. The minimum Gasteiger partial charge on any atom is -0.493 e. The molecule has 0 saturated heterocycles. The van der Waals surface area contributed by atoms with Crippen molar-refractivity contribution in [2.45, 2.75) is 6.42 Å². The van der Waals surface area contributed by atoms with E-state index in [1.165, 1.54) is 5.56 Å². The van der Waals surface area contributed by atoms with Crippen LogP contribution in [0.3, 0.4) is 0 Å². The first-order valence-corrected chi connectivity index (χ1v) is 9.70. The van der Waals surface area contributed by atoms with Crippen LogP contribution in [0.4, 0.5) is 0 Å². The molecule has 0 aliphatic carbocycles. The van der Waals surface area contributed by atoms with Gasteiger partial charge < -0.3 is 25.3 Å². The monoisotopic (exact) mass is 398 g/mol. The highest BCUT2D eigenvalue weighted by molar-refractivity contribution is 7.98. The summed E-state index contributed by atoms with van der Waals surface area (Å²) in [6.45, 7) is 1.76. The molecule has 28 heavy (non-hydrogen) atoms. The number of nitrogens with zero attached hydrogens (tertiary/aromatic N) is 2. The van der Waals surface area contributed by atoms with Crippen LogP contribution < -0.4 is 9.47 Å². The van der Waals surface area contributed by atoms with Crippen molar-refractivity contribution in [3.8, 4) is 17.2 Å². The number of hydrogen-bond acceptors (Lipinski definition) is 5. The molecule has 7 heteroatoms. The molecule has 0 radical (unpaired) electrons. The zero-order chi connectivity index (χ0) is 17.3. The molecule has 0 bridgehead atoms. The third kappa shape index (κ3) is 3.77. The number of hydrogen-bond donors (Lipinski definition) is 0. The molecular weight excluding hydrogens is 376 g/mol. The van der Waals surface area contributed by atoms with E-state index < -0.39 is 0 Å². The van der Waals surface area contributed by atoms with Crippen molar-refractivity contribution < 1.29 is 20.4 Å². The smallest absolute Gasteiger partial charge is 0.148 e. The van der Waals surface area contributed by atoms with Gasteiger partial charge in [0.2, 0.25) is 0 Å². The van der Waals surface area contributed by atoms with E-state index in [1.54, 1.807) is 11.9 Å². The van der Waals surface area contributed by atoms with E-state index in [0.717, 1.165) is 59.5 Å². The van der Waals surface area contributed by atoms with Crippen LogP contribution in [0.25, 0.3) is 5.57 Å². The number of allylic oxidation sites excluding steroid dienone is 2. The fourth-order valence-corrected chi connectivity index (χ4v) is 4.04. The third-order valence-electron chi connectivity index (χ3n) is 4.68. The van der Waals surface area contributed by atoms with Crippen LogP contribution in [0.2, 0.25) is 0 Å². The van der Waals surface area contributed by atoms with E-state index in [4.69, 9.17) is 9.47 Å². The maximum absolute atomic E-state index is 5.99. The fourth-order valence-electron chi connectivity index (χ4n) is 3.35. The average molecular weight is 398 g/mol. The first-order valence-electron chi connectivity index (χ1n) is 8.76. The Balaban J connectivity index is 0.00000112. The molecule has 4 N–H and O–H groups in total. The summed E-state index contributed by atoms with van der Waals surface area (Å²) in [4.78, 5) is 2.21. The van der Waals surface area contributed by atoms with Gasteiger partial charge in [-0.1, -0.05) is 18.2 Å². The highest BCUT2D eigenvalue weighted by atomic mass is 32.2. The highest BCUT2D eigenvalue weighted by Crippen LogP contribution is 2.33. The highest BCUT2D eigenvalue weighted by Gasteiger charge is 2.21. The molecule has 146 valence electrons. The van der Waals surface area contributed by atoms with Gasteiger partial charge in [-0.3, -0.25) is 0 Å². The van der Waals surface area contributed by atoms with Crippen molar-refractivity contribution in [2.24, 2.45) is 4.40 Å². The van der Waals surface area contributed by atoms with Crippen molar-refractivity contribution in [3.05, 3.63) is 71.9 Å². The quantitative estimate of drug-likeness (QED) is 0.742. The van der Waals surface area contributed by atoms with Gasteiger partial charge >= 0.3 is 0 Å². The van der Waals surface area contributed by atoms with E-state index in [0.29, 0.717) is 0 Å². The van der Waals surface area contributed by atoms with Crippen molar-refractivity contribution in [1.82, 2.24) is 4.90 Å². The summed E-state index contributed by atoms with van der Waals surface area (Å²) >= 11 is 1.63. The molecule has 0 spiro atoms. The Hall–Kier alpha value is -2.74. The molecule has 3 heterocycles. The summed E-state index contributed by atoms with van der Waals surface area (Å²) in [6.07, 6.45) is 7.27. The molecule has 3 aliphatic heterocycles. The Morgan fingerprint density at radius 3 is 2.71 bits per heavy atom. The molecule has 5 rings (SSSR count). The van der Waals surface area contributed by atoms with Gasteiger partial charge in [0.1, 0.15) is 23.1 Å². The average Bonchev–Trinajstić information content (AvgIpc) is 3.16. The van der Waals surface area contributed by atoms with E-state index in [2.05, 4.69) is 45.8 Å². The Morgan fingerprint density at radius 2 is 1.86 bits per heavy atom. The molecule has 0 unspecified atom stereocenters. The summed E-state index contributed by atoms with van der Waals surface area (Å²) < 4.78 is 16.2. The number of ether oxygens (including phenoxy) is 2. The topological polar surface area (TPSA) is 97.1 Å². The summed E-state index contributed by atoms with van der Waals surface area (Å²) in [5.41, 5.74) is 3.54. The second-order valence-corrected chi connectivity index (χ2v) is 7.21. The predicted octanol–water partition coefficient (Wildman–Crippen LogP) is 3.04. The Kier molecular flexibility index (Phi) is 6.08. The van der Waals surface area contributed by atoms with Crippen LogP contribution in [0.5, 0.6) is 17.2 Å². The summed E-state index contributed by atoms with van der Waals surface area (Å²) in [5.74, 6) is 4.62. The molecule has 0 atom stereocenters. The summed E-state index contributed by atoms with van der Waals surface area (Å²) in [7, 11) is 0. The van der Waals surface area contributed by atoms with Gasteiger partial charge in [0, 0.05) is 36.6 Å². The minimum atomic E-state index is 0. The zero-order valence-electron chi connectivity index (χ0n) is 15.2. The second kappa shape index (κ2) is 8.52. The minimum absolute atomic E-state index is 0. The van der Waals surface area contributed by atoms with Gasteiger partial charge in [0.25, 0.3) is 0 Å². The van der Waals surface area contributed by atoms with Gasteiger partial charge in [-0.15, -0.1) is 0 Å². The van der Waals surface area contributed by atoms with E-state index in [-0.39, 0.29) is 11.0 Å². The van der Waals surface area contributed by atoms with E-state index in [9.17, 15) is 0 Å². The first kappa shape index (κ1) is 20.0. The normalized spacial score (nSPS) is 16.5. The molecule has 3 aliphatic rings. The maximum atomic E-state index is 5.99. The fraction of sp³-hybridized carbons (Fsp3) is 0.190. The lowest BCUT2D eigenvalue weighted by Gasteiger charge is -2.29. The lowest BCUT2D eigenvalue weighted by atomic mass is 10.0.